The summed E-state index contributed by atoms with van der Waals surface area (Å²) >= 11 is 6.43. The molecule has 0 saturated carbocycles. The molecule has 4 N–H and O–H groups in total. The van der Waals surface area contributed by atoms with Gasteiger partial charge in [0.1, 0.15) is 12.2 Å². The van der Waals surface area contributed by atoms with Crippen molar-refractivity contribution < 1.29 is 0 Å². The molecular formula is C25H19ClN10O. The van der Waals surface area contributed by atoms with E-state index in [1.54, 1.807) is 23.0 Å². The monoisotopic (exact) mass is 510 g/mol. The first-order chi connectivity index (χ1) is 18.1. The lowest BCUT2D eigenvalue weighted by Crippen LogP contribution is -2.20. The molecule has 0 amide bonds. The third-order valence-corrected chi connectivity index (χ3v) is 7.01. The minimum absolute atomic E-state index is 0.0667. The van der Waals surface area contributed by atoms with Crippen molar-refractivity contribution >= 4 is 28.3 Å². The Hall–Kier alpha value is -4.77. The largest absolute Gasteiger partial charge is 0.382 e. The molecule has 0 saturated heterocycles. The molecule has 4 aromatic heterocycles. The molecule has 0 bridgehead atoms. The predicted octanol–water partition coefficient (Wildman–Crippen LogP) is 3.61. The SMILES string of the molecule is Nc1n[nH]c2cc(-c3cnc(-c4c(-c5cc(Cl)ccc5-n5cnnn5)cc(=O)n5c4CCC5)[nH]3)ccc12. The van der Waals surface area contributed by atoms with E-state index in [4.69, 9.17) is 22.3 Å². The van der Waals surface area contributed by atoms with E-state index in [9.17, 15) is 4.79 Å². The molecule has 0 fully saturated rings. The second kappa shape index (κ2) is 8.14. The van der Waals surface area contributed by atoms with Crippen LogP contribution in [0.3, 0.4) is 0 Å². The van der Waals surface area contributed by atoms with Crippen molar-refractivity contribution in [3.8, 4) is 39.5 Å². The van der Waals surface area contributed by atoms with Crippen molar-refractivity contribution in [1.29, 1.82) is 0 Å². The van der Waals surface area contributed by atoms with E-state index in [1.807, 2.05) is 34.9 Å². The highest BCUT2D eigenvalue weighted by atomic mass is 35.5. The lowest BCUT2D eigenvalue weighted by atomic mass is 9.96. The van der Waals surface area contributed by atoms with Crippen LogP contribution in [0.15, 0.2) is 59.8 Å². The number of nitrogen functional groups attached to an aromatic ring is 1. The summed E-state index contributed by atoms with van der Waals surface area (Å²) in [6, 6.07) is 12.9. The number of imidazole rings is 1. The Balaban J connectivity index is 1.44. The van der Waals surface area contributed by atoms with Crippen LogP contribution in [0.2, 0.25) is 5.02 Å². The summed E-state index contributed by atoms with van der Waals surface area (Å²) < 4.78 is 3.38. The molecule has 1 aliphatic heterocycles. The normalized spacial score (nSPS) is 12.9. The van der Waals surface area contributed by atoms with Crippen molar-refractivity contribution in [1.82, 2.24) is 44.9 Å². The molecule has 0 radical (unpaired) electrons. The van der Waals surface area contributed by atoms with Gasteiger partial charge < -0.3 is 15.3 Å². The molecule has 1 aliphatic rings. The summed E-state index contributed by atoms with van der Waals surface area (Å²) in [6.45, 7) is 0.669. The fraction of sp³-hybridized carbons (Fsp3) is 0.120. The highest BCUT2D eigenvalue weighted by molar-refractivity contribution is 6.31. The van der Waals surface area contributed by atoms with Crippen LogP contribution in [0.4, 0.5) is 5.82 Å². The minimum atomic E-state index is -0.0667. The molecule has 0 aliphatic carbocycles. The molecule has 7 rings (SSSR count). The van der Waals surface area contributed by atoms with Gasteiger partial charge in [0.25, 0.3) is 5.56 Å². The molecule has 11 nitrogen and oxygen atoms in total. The summed E-state index contributed by atoms with van der Waals surface area (Å²) in [7, 11) is 0. The molecule has 5 heterocycles. The maximum Gasteiger partial charge on any atom is 0.251 e. The van der Waals surface area contributed by atoms with Gasteiger partial charge in [0.2, 0.25) is 0 Å². The molecule has 0 spiro atoms. The number of nitrogens with one attached hydrogen (secondary N) is 2. The van der Waals surface area contributed by atoms with E-state index in [-0.39, 0.29) is 5.56 Å². The van der Waals surface area contributed by atoms with Gasteiger partial charge in [-0.2, -0.15) is 9.78 Å². The average Bonchev–Trinajstić information content (AvgIpc) is 3.71. The molecule has 0 atom stereocenters. The zero-order valence-electron chi connectivity index (χ0n) is 19.3. The summed E-state index contributed by atoms with van der Waals surface area (Å²) in [5.74, 6) is 1.12. The van der Waals surface area contributed by atoms with Crippen LogP contribution >= 0.6 is 11.6 Å². The van der Waals surface area contributed by atoms with E-state index in [0.29, 0.717) is 34.5 Å². The summed E-state index contributed by atoms with van der Waals surface area (Å²) in [5.41, 5.74) is 12.4. The minimum Gasteiger partial charge on any atom is -0.382 e. The van der Waals surface area contributed by atoms with Gasteiger partial charge >= 0.3 is 0 Å². The fourth-order valence-electron chi connectivity index (χ4n) is 5.08. The number of tetrazole rings is 1. The van der Waals surface area contributed by atoms with Gasteiger partial charge in [-0.25, -0.2) is 4.98 Å². The Morgan fingerprint density at radius 3 is 2.86 bits per heavy atom. The van der Waals surface area contributed by atoms with Crippen LogP contribution in [0.1, 0.15) is 12.1 Å². The number of halogens is 1. The Labute approximate surface area is 213 Å². The Morgan fingerprint density at radius 2 is 2.00 bits per heavy atom. The molecule has 37 heavy (non-hydrogen) atoms. The Morgan fingerprint density at radius 1 is 1.08 bits per heavy atom. The van der Waals surface area contributed by atoms with Crippen molar-refractivity contribution in [3.05, 3.63) is 76.1 Å². The van der Waals surface area contributed by atoms with Gasteiger partial charge in [0.15, 0.2) is 5.82 Å². The number of hydrogen-bond donors (Lipinski definition) is 3. The number of nitrogens with zero attached hydrogens (tertiary/aromatic N) is 7. The molecule has 12 heteroatoms. The van der Waals surface area contributed by atoms with Gasteiger partial charge in [-0.05, 0) is 53.6 Å². The van der Waals surface area contributed by atoms with Gasteiger partial charge in [0, 0.05) is 51.0 Å². The zero-order valence-corrected chi connectivity index (χ0v) is 20.1. The zero-order chi connectivity index (χ0) is 25.1. The standard InChI is InChI=1S/C25H19ClN10O/c26-14-4-6-20(36-12-29-33-34-36)16(9-14)17-10-22(37)35-7-1-2-21(35)23(17)25-28-11-19(30-25)13-3-5-15-18(8-13)31-32-24(15)27/h3-6,8-12H,1-2,7H2,(H,28,30)(H3,27,31,32). The van der Waals surface area contributed by atoms with Crippen LogP contribution < -0.4 is 11.3 Å². The summed E-state index contributed by atoms with van der Waals surface area (Å²) in [4.78, 5) is 21.4. The first kappa shape index (κ1) is 21.5. The van der Waals surface area contributed by atoms with Crippen LogP contribution in [0, 0.1) is 0 Å². The molecule has 0 unspecified atom stereocenters. The van der Waals surface area contributed by atoms with E-state index in [0.717, 1.165) is 51.8 Å². The smallest absolute Gasteiger partial charge is 0.251 e. The number of aromatic nitrogens is 9. The van der Waals surface area contributed by atoms with Crippen LogP contribution in [-0.2, 0) is 13.0 Å². The quantitative estimate of drug-likeness (QED) is 0.328. The molecular weight excluding hydrogens is 492 g/mol. The van der Waals surface area contributed by atoms with Gasteiger partial charge in [-0.1, -0.05) is 17.7 Å². The van der Waals surface area contributed by atoms with Crippen LogP contribution in [0.25, 0.3) is 50.4 Å². The first-order valence-corrected chi connectivity index (χ1v) is 12.0. The number of rotatable bonds is 4. The van der Waals surface area contributed by atoms with Gasteiger partial charge in [-0.3, -0.25) is 9.89 Å². The highest BCUT2D eigenvalue weighted by Crippen LogP contribution is 2.39. The number of fused-ring (bicyclic) bond motifs is 2. The van der Waals surface area contributed by atoms with Crippen molar-refractivity contribution in [2.45, 2.75) is 19.4 Å². The lowest BCUT2D eigenvalue weighted by molar-refractivity contribution is 0.721. The number of benzene rings is 2. The number of anilines is 1. The fourth-order valence-corrected chi connectivity index (χ4v) is 5.25. The van der Waals surface area contributed by atoms with Crippen molar-refractivity contribution in [3.63, 3.8) is 0 Å². The van der Waals surface area contributed by atoms with E-state index < -0.39 is 0 Å². The number of hydrogen-bond acceptors (Lipinski definition) is 7. The number of H-pyrrole nitrogens is 2. The highest BCUT2D eigenvalue weighted by Gasteiger charge is 2.25. The first-order valence-electron chi connectivity index (χ1n) is 11.7. The topological polar surface area (TPSA) is 149 Å². The summed E-state index contributed by atoms with van der Waals surface area (Å²) in [6.07, 6.45) is 4.94. The maximum absolute atomic E-state index is 13.2. The lowest BCUT2D eigenvalue weighted by Gasteiger charge is -2.17. The molecule has 182 valence electrons. The predicted molar refractivity (Wildman–Crippen MR) is 139 cm³/mol. The number of aromatic amines is 2. The second-order valence-electron chi connectivity index (χ2n) is 8.90. The van der Waals surface area contributed by atoms with E-state index in [1.165, 1.54) is 6.33 Å². The van der Waals surface area contributed by atoms with Gasteiger partial charge in [0.05, 0.1) is 23.1 Å². The second-order valence-corrected chi connectivity index (χ2v) is 9.34. The van der Waals surface area contributed by atoms with Crippen molar-refractivity contribution in [2.75, 3.05) is 5.73 Å². The number of pyridine rings is 1. The third kappa shape index (κ3) is 3.43. The van der Waals surface area contributed by atoms with E-state index in [2.05, 4.69) is 30.7 Å². The van der Waals surface area contributed by atoms with Crippen LogP contribution in [0.5, 0.6) is 0 Å². The maximum atomic E-state index is 13.2. The van der Waals surface area contributed by atoms with E-state index >= 15 is 0 Å². The molecule has 2 aromatic carbocycles. The average molecular weight is 511 g/mol. The summed E-state index contributed by atoms with van der Waals surface area (Å²) in [5, 5.41) is 20.0. The van der Waals surface area contributed by atoms with Crippen LogP contribution in [-0.4, -0.2) is 44.9 Å². The van der Waals surface area contributed by atoms with Gasteiger partial charge in [-0.15, -0.1) is 5.10 Å². The third-order valence-electron chi connectivity index (χ3n) is 6.77. The van der Waals surface area contributed by atoms with Crippen molar-refractivity contribution in [2.24, 2.45) is 0 Å². The Bertz CT molecular complexity index is 1860. The number of nitrogens with two attached hydrogens (primary N) is 1. The molecule has 6 aromatic rings. The Kier molecular flexibility index (Phi) is 4.73.